The van der Waals surface area contributed by atoms with Crippen LogP contribution in [0.1, 0.15) is 12.0 Å². The van der Waals surface area contributed by atoms with E-state index in [1.165, 1.54) is 21.7 Å². The molecule has 0 aliphatic carbocycles. The Bertz CT molecular complexity index is 534. The van der Waals surface area contributed by atoms with Crippen molar-refractivity contribution in [2.75, 3.05) is 19.3 Å². The smallest absolute Gasteiger partial charge is 0.211 e. The summed E-state index contributed by atoms with van der Waals surface area (Å²) < 4.78 is 25.3. The summed E-state index contributed by atoms with van der Waals surface area (Å²) in [5, 5.41) is 0. The number of hydrogen-bond acceptors (Lipinski definition) is 2. The topological polar surface area (TPSA) is 37.4 Å². The highest BCUT2D eigenvalue weighted by molar-refractivity contribution is 9.10. The third-order valence-corrected chi connectivity index (χ3v) is 4.65. The molecule has 0 radical (unpaired) electrons. The molecular formula is C12H14BrNO2S. The molecule has 0 saturated carbocycles. The average molecular weight is 316 g/mol. The first kappa shape index (κ1) is 12.8. The van der Waals surface area contributed by atoms with Crippen LogP contribution in [0.5, 0.6) is 0 Å². The lowest BCUT2D eigenvalue weighted by Crippen LogP contribution is -2.33. The number of nitrogens with zero attached hydrogens (tertiary/aromatic N) is 1. The Hall–Kier alpha value is -0.650. The first-order valence-electron chi connectivity index (χ1n) is 5.37. The predicted octanol–water partition coefficient (Wildman–Crippen LogP) is 2.50. The second-order valence-electron chi connectivity index (χ2n) is 4.11. The molecule has 1 aliphatic rings. The van der Waals surface area contributed by atoms with Crippen molar-refractivity contribution in [3.8, 4) is 0 Å². The molecule has 2 rings (SSSR count). The summed E-state index contributed by atoms with van der Waals surface area (Å²) in [6.07, 6.45) is 4.02. The molecule has 1 aliphatic heterocycles. The van der Waals surface area contributed by atoms with E-state index < -0.39 is 10.0 Å². The molecule has 5 heteroatoms. The Labute approximate surface area is 110 Å². The molecule has 92 valence electrons. The van der Waals surface area contributed by atoms with Crippen LogP contribution < -0.4 is 0 Å². The summed E-state index contributed by atoms with van der Waals surface area (Å²) in [6.45, 7) is 1.05. The van der Waals surface area contributed by atoms with Crippen LogP contribution in [0.15, 0.2) is 34.8 Å². The van der Waals surface area contributed by atoms with Gasteiger partial charge in [-0.3, -0.25) is 0 Å². The summed E-state index contributed by atoms with van der Waals surface area (Å²) in [4.78, 5) is 0. The van der Waals surface area contributed by atoms with Crippen LogP contribution in [0, 0.1) is 0 Å². The fourth-order valence-electron chi connectivity index (χ4n) is 1.88. The second-order valence-corrected chi connectivity index (χ2v) is 7.01. The zero-order chi connectivity index (χ0) is 12.5. The molecule has 0 saturated heterocycles. The van der Waals surface area contributed by atoms with Gasteiger partial charge in [0.25, 0.3) is 0 Å². The zero-order valence-electron chi connectivity index (χ0n) is 9.56. The largest absolute Gasteiger partial charge is 0.212 e. The van der Waals surface area contributed by atoms with Gasteiger partial charge in [0.2, 0.25) is 10.0 Å². The van der Waals surface area contributed by atoms with E-state index in [0.717, 1.165) is 10.9 Å². The fourth-order valence-corrected chi connectivity index (χ4v) is 2.91. The maximum absolute atomic E-state index is 11.4. The van der Waals surface area contributed by atoms with Gasteiger partial charge in [-0.15, -0.1) is 0 Å². The van der Waals surface area contributed by atoms with Gasteiger partial charge in [0, 0.05) is 17.6 Å². The predicted molar refractivity (Wildman–Crippen MR) is 73.2 cm³/mol. The summed E-state index contributed by atoms with van der Waals surface area (Å²) >= 11 is 3.40. The summed E-state index contributed by atoms with van der Waals surface area (Å²) in [5.74, 6) is 0. The molecule has 0 spiro atoms. The van der Waals surface area contributed by atoms with Crippen LogP contribution in [-0.2, 0) is 10.0 Å². The molecule has 1 aromatic carbocycles. The minimum Gasteiger partial charge on any atom is -0.212 e. The number of benzene rings is 1. The zero-order valence-corrected chi connectivity index (χ0v) is 12.0. The third kappa shape index (κ3) is 3.18. The molecule has 0 unspecified atom stereocenters. The number of hydrogen-bond donors (Lipinski definition) is 0. The molecule has 0 fully saturated rings. The normalized spacial score (nSPS) is 17.9. The van der Waals surface area contributed by atoms with Crippen LogP contribution >= 0.6 is 15.9 Å². The molecule has 0 bridgehead atoms. The Kier molecular flexibility index (Phi) is 3.70. The summed E-state index contributed by atoms with van der Waals surface area (Å²) in [5.41, 5.74) is 2.39. The van der Waals surface area contributed by atoms with Crippen LogP contribution in [0.4, 0.5) is 0 Å². The van der Waals surface area contributed by atoms with Gasteiger partial charge in [-0.1, -0.05) is 34.1 Å². The number of sulfonamides is 1. The average Bonchev–Trinajstić information content (AvgIpc) is 2.29. The molecule has 0 N–H and O–H groups in total. The Morgan fingerprint density at radius 1 is 1.24 bits per heavy atom. The molecule has 17 heavy (non-hydrogen) atoms. The number of rotatable bonds is 2. The maximum atomic E-state index is 11.4. The van der Waals surface area contributed by atoms with Gasteiger partial charge in [0.15, 0.2) is 0 Å². The van der Waals surface area contributed by atoms with Crippen molar-refractivity contribution in [1.82, 2.24) is 4.31 Å². The van der Waals surface area contributed by atoms with E-state index in [2.05, 4.69) is 15.9 Å². The van der Waals surface area contributed by atoms with Gasteiger partial charge >= 0.3 is 0 Å². The lowest BCUT2D eigenvalue weighted by Gasteiger charge is -2.24. The number of halogens is 1. The summed E-state index contributed by atoms with van der Waals surface area (Å²) in [7, 11) is -3.06. The van der Waals surface area contributed by atoms with Crippen molar-refractivity contribution in [2.24, 2.45) is 0 Å². The van der Waals surface area contributed by atoms with Gasteiger partial charge in [-0.2, -0.15) is 4.31 Å². The molecular weight excluding hydrogens is 302 g/mol. The van der Waals surface area contributed by atoms with Crippen LogP contribution in [-0.4, -0.2) is 32.1 Å². The van der Waals surface area contributed by atoms with Crippen molar-refractivity contribution in [3.05, 3.63) is 40.4 Å². The van der Waals surface area contributed by atoms with Crippen molar-refractivity contribution < 1.29 is 8.42 Å². The van der Waals surface area contributed by atoms with Gasteiger partial charge in [0.1, 0.15) is 0 Å². The monoisotopic (exact) mass is 315 g/mol. The highest BCUT2D eigenvalue weighted by Gasteiger charge is 2.19. The van der Waals surface area contributed by atoms with E-state index in [-0.39, 0.29) is 0 Å². The molecule has 1 heterocycles. The first-order valence-corrected chi connectivity index (χ1v) is 8.01. The molecule has 0 aromatic heterocycles. The maximum Gasteiger partial charge on any atom is 0.211 e. The Balaban J connectivity index is 2.16. The van der Waals surface area contributed by atoms with E-state index >= 15 is 0 Å². The minimum absolute atomic E-state index is 0.476. The SMILES string of the molecule is CS(=O)(=O)N1CC=C(c2ccc(Br)cc2)CC1. The first-order chi connectivity index (χ1) is 7.97. The minimum atomic E-state index is -3.06. The van der Waals surface area contributed by atoms with Crippen LogP contribution in [0.3, 0.4) is 0 Å². The Morgan fingerprint density at radius 2 is 1.88 bits per heavy atom. The van der Waals surface area contributed by atoms with Crippen molar-refractivity contribution in [3.63, 3.8) is 0 Å². The van der Waals surface area contributed by atoms with Gasteiger partial charge < -0.3 is 0 Å². The molecule has 0 atom stereocenters. The van der Waals surface area contributed by atoms with Gasteiger partial charge in [0.05, 0.1) is 6.26 Å². The Morgan fingerprint density at radius 3 is 2.35 bits per heavy atom. The van der Waals surface area contributed by atoms with Crippen LogP contribution in [0.25, 0.3) is 5.57 Å². The van der Waals surface area contributed by atoms with E-state index in [1.54, 1.807) is 0 Å². The van der Waals surface area contributed by atoms with E-state index in [4.69, 9.17) is 0 Å². The molecule has 3 nitrogen and oxygen atoms in total. The molecule has 1 aromatic rings. The molecule has 0 amide bonds. The van der Waals surface area contributed by atoms with Gasteiger partial charge in [-0.25, -0.2) is 8.42 Å². The quantitative estimate of drug-likeness (QED) is 0.841. The highest BCUT2D eigenvalue weighted by atomic mass is 79.9. The van der Waals surface area contributed by atoms with Crippen molar-refractivity contribution >= 4 is 31.5 Å². The lowest BCUT2D eigenvalue weighted by molar-refractivity contribution is 0.446. The van der Waals surface area contributed by atoms with E-state index in [1.807, 2.05) is 30.3 Å². The second kappa shape index (κ2) is 4.92. The van der Waals surface area contributed by atoms with Crippen molar-refractivity contribution in [1.29, 1.82) is 0 Å². The van der Waals surface area contributed by atoms with E-state index in [9.17, 15) is 8.42 Å². The lowest BCUT2D eigenvalue weighted by atomic mass is 10.0. The van der Waals surface area contributed by atoms with Crippen molar-refractivity contribution in [2.45, 2.75) is 6.42 Å². The fraction of sp³-hybridized carbons (Fsp3) is 0.333. The van der Waals surface area contributed by atoms with E-state index in [0.29, 0.717) is 13.1 Å². The van der Waals surface area contributed by atoms with Gasteiger partial charge in [-0.05, 0) is 29.7 Å². The standard InChI is InChI=1S/C12H14BrNO2S/c1-17(15,16)14-8-6-11(7-9-14)10-2-4-12(13)5-3-10/h2-6H,7-9H2,1H3. The third-order valence-electron chi connectivity index (χ3n) is 2.86. The highest BCUT2D eigenvalue weighted by Crippen LogP contribution is 2.24. The van der Waals surface area contributed by atoms with Crippen LogP contribution in [0.2, 0.25) is 0 Å². The summed E-state index contributed by atoms with van der Waals surface area (Å²) in [6, 6.07) is 8.09.